The molecule has 0 atom stereocenters. The van der Waals surface area contributed by atoms with Gasteiger partial charge in [0.1, 0.15) is 23.5 Å². The minimum absolute atomic E-state index is 0.235. The summed E-state index contributed by atoms with van der Waals surface area (Å²) in [4.78, 5) is 25.7. The molecule has 1 aromatic carbocycles. The van der Waals surface area contributed by atoms with Gasteiger partial charge < -0.3 is 20.7 Å². The van der Waals surface area contributed by atoms with Gasteiger partial charge in [-0.15, -0.1) is 0 Å². The third-order valence-corrected chi connectivity index (χ3v) is 5.82. The molecule has 1 amide bonds. The second kappa shape index (κ2) is 11.1. The van der Waals surface area contributed by atoms with Crippen LogP contribution < -0.4 is 20.7 Å². The van der Waals surface area contributed by atoms with Crippen LogP contribution in [0.1, 0.15) is 48.2 Å². The molecule has 0 aliphatic heterocycles. The maximum Gasteiger partial charge on any atom is 0.259 e. The zero-order valence-electron chi connectivity index (χ0n) is 19.0. The van der Waals surface area contributed by atoms with Crippen molar-refractivity contribution in [1.29, 1.82) is 5.26 Å². The number of nitrogens with zero attached hydrogens (tertiary/aromatic N) is 4. The Morgan fingerprint density at radius 1 is 1.06 bits per heavy atom. The summed E-state index contributed by atoms with van der Waals surface area (Å²) in [6.07, 6.45) is 10.6. The van der Waals surface area contributed by atoms with Crippen LogP contribution in [0.5, 0.6) is 5.75 Å². The van der Waals surface area contributed by atoms with Gasteiger partial charge in [-0.25, -0.2) is 15.0 Å². The SMILES string of the molecule is COc1ccc(NC(=O)c2cnc(Nc3cnc(C#N)cn3)cc2NCC2CCCCC2)cc1. The number of aromatic nitrogens is 3. The average Bonchev–Trinajstić information content (AvgIpc) is 2.89. The number of anilines is 4. The van der Waals surface area contributed by atoms with Crippen LogP contribution in [-0.2, 0) is 0 Å². The van der Waals surface area contributed by atoms with E-state index in [-0.39, 0.29) is 11.6 Å². The molecule has 0 saturated heterocycles. The van der Waals surface area contributed by atoms with E-state index in [1.807, 2.05) is 6.07 Å². The van der Waals surface area contributed by atoms with E-state index in [2.05, 4.69) is 30.9 Å². The quantitative estimate of drug-likeness (QED) is 0.443. The first-order valence-corrected chi connectivity index (χ1v) is 11.3. The van der Waals surface area contributed by atoms with Crippen molar-refractivity contribution in [2.45, 2.75) is 32.1 Å². The van der Waals surface area contributed by atoms with Crippen LogP contribution in [0.25, 0.3) is 0 Å². The van der Waals surface area contributed by atoms with Crippen LogP contribution in [0.15, 0.2) is 48.9 Å². The van der Waals surface area contributed by atoms with Crippen molar-refractivity contribution in [2.75, 3.05) is 29.6 Å². The summed E-state index contributed by atoms with van der Waals surface area (Å²) in [6.45, 7) is 0.795. The number of hydrogen-bond acceptors (Lipinski definition) is 8. The Hall–Kier alpha value is -4.19. The molecule has 2 heterocycles. The maximum atomic E-state index is 13.1. The molecule has 1 aliphatic carbocycles. The maximum absolute atomic E-state index is 13.1. The molecule has 0 spiro atoms. The topological polar surface area (TPSA) is 125 Å². The number of pyridine rings is 1. The molecule has 3 aromatic rings. The minimum atomic E-state index is -0.256. The lowest BCUT2D eigenvalue weighted by atomic mass is 9.89. The number of nitriles is 1. The molecule has 2 aromatic heterocycles. The lowest BCUT2D eigenvalue weighted by molar-refractivity contribution is 0.102. The summed E-state index contributed by atoms with van der Waals surface area (Å²) in [6, 6.07) is 10.9. The molecule has 0 bridgehead atoms. The number of benzene rings is 1. The van der Waals surface area contributed by atoms with Gasteiger partial charge in [-0.2, -0.15) is 5.26 Å². The molecule has 1 aliphatic rings. The van der Waals surface area contributed by atoms with Gasteiger partial charge in [0.15, 0.2) is 5.69 Å². The highest BCUT2D eigenvalue weighted by Gasteiger charge is 2.17. The summed E-state index contributed by atoms with van der Waals surface area (Å²) in [7, 11) is 1.60. The molecule has 3 N–H and O–H groups in total. The molecule has 34 heavy (non-hydrogen) atoms. The number of amides is 1. The van der Waals surface area contributed by atoms with E-state index in [4.69, 9.17) is 10.00 Å². The fraction of sp³-hybridized carbons (Fsp3) is 0.320. The number of methoxy groups -OCH3 is 1. The number of nitrogens with one attached hydrogen (secondary N) is 3. The van der Waals surface area contributed by atoms with Gasteiger partial charge in [0.2, 0.25) is 0 Å². The monoisotopic (exact) mass is 457 g/mol. The van der Waals surface area contributed by atoms with Gasteiger partial charge in [-0.3, -0.25) is 4.79 Å². The van der Waals surface area contributed by atoms with Gasteiger partial charge in [0, 0.05) is 24.5 Å². The fourth-order valence-electron chi connectivity index (χ4n) is 3.95. The number of ether oxygens (including phenoxy) is 1. The second-order valence-electron chi connectivity index (χ2n) is 8.21. The number of hydrogen-bond donors (Lipinski definition) is 3. The molecule has 9 heteroatoms. The first-order chi connectivity index (χ1) is 16.6. The van der Waals surface area contributed by atoms with Crippen molar-refractivity contribution in [3.05, 3.63) is 60.2 Å². The molecule has 174 valence electrons. The van der Waals surface area contributed by atoms with Gasteiger partial charge in [-0.1, -0.05) is 19.3 Å². The summed E-state index contributed by atoms with van der Waals surface area (Å²) in [5, 5.41) is 18.4. The highest BCUT2D eigenvalue weighted by molar-refractivity contribution is 6.08. The zero-order valence-corrected chi connectivity index (χ0v) is 19.0. The van der Waals surface area contributed by atoms with E-state index in [9.17, 15) is 4.79 Å². The number of carbonyl (C=O) groups is 1. The third kappa shape index (κ3) is 5.98. The number of carbonyl (C=O) groups excluding carboxylic acids is 1. The van der Waals surface area contributed by atoms with Crippen LogP contribution in [0.4, 0.5) is 23.0 Å². The predicted octanol–water partition coefficient (Wildman–Crippen LogP) is 4.74. The molecule has 4 rings (SSSR count). The molecule has 1 saturated carbocycles. The Morgan fingerprint density at radius 2 is 1.82 bits per heavy atom. The van der Waals surface area contributed by atoms with Crippen LogP contribution in [-0.4, -0.2) is 34.5 Å². The Morgan fingerprint density at radius 3 is 2.50 bits per heavy atom. The average molecular weight is 458 g/mol. The highest BCUT2D eigenvalue weighted by Crippen LogP contribution is 2.27. The van der Waals surface area contributed by atoms with Crippen molar-refractivity contribution in [1.82, 2.24) is 15.0 Å². The Kier molecular flexibility index (Phi) is 7.50. The molecule has 0 unspecified atom stereocenters. The van der Waals surface area contributed by atoms with Crippen LogP contribution >= 0.6 is 0 Å². The molecule has 1 fully saturated rings. The van der Waals surface area contributed by atoms with Gasteiger partial charge in [0.05, 0.1) is 30.8 Å². The number of rotatable bonds is 8. The minimum Gasteiger partial charge on any atom is -0.497 e. The summed E-state index contributed by atoms with van der Waals surface area (Å²) >= 11 is 0. The van der Waals surface area contributed by atoms with E-state index in [0.29, 0.717) is 34.5 Å². The molecular formula is C25H27N7O2. The first kappa shape index (κ1) is 23.0. The second-order valence-corrected chi connectivity index (χ2v) is 8.21. The fourth-order valence-corrected chi connectivity index (χ4v) is 3.95. The largest absolute Gasteiger partial charge is 0.497 e. The van der Waals surface area contributed by atoms with E-state index in [1.54, 1.807) is 43.6 Å². The third-order valence-electron chi connectivity index (χ3n) is 5.82. The van der Waals surface area contributed by atoms with Crippen molar-refractivity contribution in [3.63, 3.8) is 0 Å². The van der Waals surface area contributed by atoms with Crippen molar-refractivity contribution >= 4 is 28.9 Å². The normalized spacial score (nSPS) is 13.5. The van der Waals surface area contributed by atoms with E-state index in [1.165, 1.54) is 44.5 Å². The lowest BCUT2D eigenvalue weighted by Crippen LogP contribution is -2.20. The Bertz CT molecular complexity index is 1150. The predicted molar refractivity (Wildman–Crippen MR) is 130 cm³/mol. The van der Waals surface area contributed by atoms with Gasteiger partial charge >= 0.3 is 0 Å². The molecule has 0 radical (unpaired) electrons. The standard InChI is InChI=1S/C25H27N7O2/c1-34-20-9-7-18(8-10-20)31-25(33)21-15-30-23(32-24-16-27-19(12-26)14-29-24)11-22(21)28-13-17-5-3-2-4-6-17/h7-11,14-17H,2-6,13H2,1H3,(H,31,33)(H2,28,29,30,32). The van der Waals surface area contributed by atoms with Crippen molar-refractivity contribution < 1.29 is 9.53 Å². The first-order valence-electron chi connectivity index (χ1n) is 11.3. The summed E-state index contributed by atoms with van der Waals surface area (Å²) < 4.78 is 5.18. The zero-order chi connectivity index (χ0) is 23.8. The smallest absolute Gasteiger partial charge is 0.259 e. The van der Waals surface area contributed by atoms with Crippen molar-refractivity contribution in [3.8, 4) is 11.8 Å². The summed E-state index contributed by atoms with van der Waals surface area (Å²) in [5.74, 6) is 2.02. The highest BCUT2D eigenvalue weighted by atomic mass is 16.5. The van der Waals surface area contributed by atoms with E-state index in [0.717, 1.165) is 12.3 Å². The Balaban J connectivity index is 1.53. The van der Waals surface area contributed by atoms with Gasteiger partial charge in [0.25, 0.3) is 5.91 Å². The lowest BCUT2D eigenvalue weighted by Gasteiger charge is -2.23. The van der Waals surface area contributed by atoms with E-state index < -0.39 is 0 Å². The van der Waals surface area contributed by atoms with Crippen molar-refractivity contribution in [2.24, 2.45) is 5.92 Å². The van der Waals surface area contributed by atoms with E-state index >= 15 is 0 Å². The van der Waals surface area contributed by atoms with Gasteiger partial charge in [-0.05, 0) is 43.0 Å². The molecular weight excluding hydrogens is 430 g/mol. The van der Waals surface area contributed by atoms with Crippen LogP contribution in [0, 0.1) is 17.2 Å². The Labute approximate surface area is 198 Å². The van der Waals surface area contributed by atoms with Crippen LogP contribution in [0.3, 0.4) is 0 Å². The summed E-state index contributed by atoms with van der Waals surface area (Å²) in [5.41, 5.74) is 2.04. The van der Waals surface area contributed by atoms with Crippen LogP contribution in [0.2, 0.25) is 0 Å². The molecule has 9 nitrogen and oxygen atoms in total.